The molecule has 1 atom stereocenters. The molecule has 1 fully saturated rings. The first-order valence-electron chi connectivity index (χ1n) is 10.3. The molecular formula is C23H25ClN2O5S. The monoisotopic (exact) mass is 476 g/mol. The summed E-state index contributed by atoms with van der Waals surface area (Å²) in [6.07, 6.45) is 0.253. The predicted octanol–water partition coefficient (Wildman–Crippen LogP) is 3.24. The molecule has 0 saturated carbocycles. The van der Waals surface area contributed by atoms with Gasteiger partial charge in [0, 0.05) is 19.5 Å². The first-order chi connectivity index (χ1) is 15.5. The summed E-state index contributed by atoms with van der Waals surface area (Å²) in [5.74, 6) is -0.357. The van der Waals surface area contributed by atoms with Gasteiger partial charge in [-0.15, -0.1) is 0 Å². The van der Waals surface area contributed by atoms with Crippen molar-refractivity contribution in [2.45, 2.75) is 19.4 Å². The predicted molar refractivity (Wildman–Crippen MR) is 125 cm³/mol. The first-order valence-corrected chi connectivity index (χ1v) is 11.1. The minimum Gasteiger partial charge on any atom is -0.464 e. The number of nitrogens with one attached hydrogen (secondary N) is 1. The number of esters is 1. The Morgan fingerprint density at radius 2 is 1.84 bits per heavy atom. The maximum absolute atomic E-state index is 12.6. The molecule has 170 valence electrons. The van der Waals surface area contributed by atoms with Gasteiger partial charge in [-0.1, -0.05) is 35.9 Å². The second kappa shape index (κ2) is 11.8. The molecule has 0 aliphatic carbocycles. The van der Waals surface area contributed by atoms with E-state index in [1.807, 2.05) is 17.0 Å². The van der Waals surface area contributed by atoms with Crippen LogP contribution in [0.5, 0.6) is 5.75 Å². The molecule has 3 rings (SSSR count). The van der Waals surface area contributed by atoms with Crippen LogP contribution in [0, 0.1) is 0 Å². The van der Waals surface area contributed by atoms with Crippen molar-refractivity contribution in [3.8, 4) is 5.75 Å². The van der Waals surface area contributed by atoms with Gasteiger partial charge < -0.3 is 24.4 Å². The second-order valence-corrected chi connectivity index (χ2v) is 7.83. The molecule has 1 aliphatic rings. The van der Waals surface area contributed by atoms with Crippen LogP contribution in [0.2, 0.25) is 5.02 Å². The Kier molecular flexibility index (Phi) is 8.84. The number of carbonyl (C=O) groups is 2. The smallest absolute Gasteiger partial charge is 0.328 e. The highest BCUT2D eigenvalue weighted by molar-refractivity contribution is 7.80. The van der Waals surface area contributed by atoms with E-state index in [-0.39, 0.29) is 13.0 Å². The van der Waals surface area contributed by atoms with Crippen molar-refractivity contribution >= 4 is 40.9 Å². The molecule has 1 N–H and O–H groups in total. The van der Waals surface area contributed by atoms with E-state index in [0.717, 1.165) is 5.56 Å². The molecule has 32 heavy (non-hydrogen) atoms. The summed E-state index contributed by atoms with van der Waals surface area (Å²) >= 11 is 11.5. The van der Waals surface area contributed by atoms with E-state index in [4.69, 9.17) is 38.0 Å². The van der Waals surface area contributed by atoms with Gasteiger partial charge >= 0.3 is 5.97 Å². The maximum atomic E-state index is 12.6. The van der Waals surface area contributed by atoms with Crippen LogP contribution < -0.4 is 10.1 Å². The highest BCUT2D eigenvalue weighted by Crippen LogP contribution is 2.18. The van der Waals surface area contributed by atoms with Gasteiger partial charge in [0.2, 0.25) is 0 Å². The largest absolute Gasteiger partial charge is 0.464 e. The van der Waals surface area contributed by atoms with Crippen molar-refractivity contribution in [1.29, 1.82) is 0 Å². The first kappa shape index (κ1) is 24.0. The van der Waals surface area contributed by atoms with E-state index in [0.29, 0.717) is 47.8 Å². The number of ether oxygens (including phenoxy) is 3. The zero-order valence-electron chi connectivity index (χ0n) is 17.7. The summed E-state index contributed by atoms with van der Waals surface area (Å²) in [4.78, 5) is 27.1. The van der Waals surface area contributed by atoms with E-state index in [1.54, 1.807) is 43.3 Å². The summed E-state index contributed by atoms with van der Waals surface area (Å²) in [5.41, 5.74) is 1.12. The van der Waals surface area contributed by atoms with Crippen LogP contribution in [0.15, 0.2) is 48.5 Å². The summed E-state index contributed by atoms with van der Waals surface area (Å²) in [6, 6.07) is 13.0. The Morgan fingerprint density at radius 1 is 1.16 bits per heavy atom. The summed E-state index contributed by atoms with van der Waals surface area (Å²) in [5, 5.41) is 3.44. The number of rotatable bonds is 7. The molecule has 9 heteroatoms. The fourth-order valence-electron chi connectivity index (χ4n) is 3.16. The lowest BCUT2D eigenvalue weighted by molar-refractivity contribution is -0.145. The van der Waals surface area contributed by atoms with Gasteiger partial charge in [0.25, 0.3) is 11.1 Å². The Labute approximate surface area is 197 Å². The van der Waals surface area contributed by atoms with Gasteiger partial charge in [-0.25, -0.2) is 4.79 Å². The third-order valence-electron chi connectivity index (χ3n) is 4.83. The quantitative estimate of drug-likeness (QED) is 0.485. The highest BCUT2D eigenvalue weighted by atomic mass is 35.5. The van der Waals surface area contributed by atoms with Crippen molar-refractivity contribution in [3.05, 3.63) is 64.7 Å². The number of halogens is 1. The molecule has 0 aromatic heterocycles. The lowest BCUT2D eigenvalue weighted by Crippen LogP contribution is -2.43. The average molecular weight is 477 g/mol. The number of nitrogens with zero attached hydrogens (tertiary/aromatic N) is 1. The standard InChI is InChI=1S/C23H25ClN2O5S/c1-2-30-22(28)20(25-21(27)18-5-3-4-6-19(18)24)15-16-7-9-17(10-8-16)31-23(32)26-11-13-29-14-12-26/h3-10,20H,2,11-15H2,1H3,(H,25,27)/t20-/m0/s1. The molecule has 2 aromatic rings. The van der Waals surface area contributed by atoms with Crippen LogP contribution in [0.4, 0.5) is 0 Å². The fraction of sp³-hybridized carbons (Fsp3) is 0.348. The molecule has 0 unspecified atom stereocenters. The average Bonchev–Trinajstić information content (AvgIpc) is 2.80. The van der Waals surface area contributed by atoms with Crippen LogP contribution in [0.25, 0.3) is 0 Å². The Hall–Kier alpha value is -2.68. The third-order valence-corrected chi connectivity index (χ3v) is 5.50. The lowest BCUT2D eigenvalue weighted by atomic mass is 10.0. The number of amides is 1. The Balaban J connectivity index is 1.65. The summed E-state index contributed by atoms with van der Waals surface area (Å²) in [6.45, 7) is 4.57. The maximum Gasteiger partial charge on any atom is 0.328 e. The zero-order valence-corrected chi connectivity index (χ0v) is 19.3. The van der Waals surface area contributed by atoms with Crippen molar-refractivity contribution in [2.75, 3.05) is 32.9 Å². The van der Waals surface area contributed by atoms with Crippen molar-refractivity contribution in [1.82, 2.24) is 10.2 Å². The van der Waals surface area contributed by atoms with Gasteiger partial charge in [-0.2, -0.15) is 0 Å². The number of benzene rings is 2. The van der Waals surface area contributed by atoms with Crippen LogP contribution in [-0.2, 0) is 20.7 Å². The van der Waals surface area contributed by atoms with E-state index >= 15 is 0 Å². The molecule has 1 heterocycles. The normalized spacial score (nSPS) is 14.4. The van der Waals surface area contributed by atoms with Gasteiger partial charge in [0.1, 0.15) is 11.8 Å². The molecule has 2 aromatic carbocycles. The van der Waals surface area contributed by atoms with Crippen LogP contribution in [0.3, 0.4) is 0 Å². The number of hydrogen-bond acceptors (Lipinski definition) is 6. The third kappa shape index (κ3) is 6.66. The van der Waals surface area contributed by atoms with Gasteiger partial charge in [0.05, 0.1) is 30.4 Å². The molecule has 0 bridgehead atoms. The second-order valence-electron chi connectivity index (χ2n) is 7.07. The Morgan fingerprint density at radius 3 is 2.50 bits per heavy atom. The van der Waals surface area contributed by atoms with Crippen LogP contribution in [0.1, 0.15) is 22.8 Å². The molecule has 1 amide bonds. The molecule has 0 spiro atoms. The molecule has 7 nitrogen and oxygen atoms in total. The van der Waals surface area contributed by atoms with Crippen LogP contribution >= 0.6 is 23.8 Å². The van der Waals surface area contributed by atoms with E-state index in [2.05, 4.69) is 5.32 Å². The van der Waals surface area contributed by atoms with Gasteiger partial charge in [0.15, 0.2) is 0 Å². The minimum absolute atomic E-state index is 0.211. The lowest BCUT2D eigenvalue weighted by Gasteiger charge is -2.28. The van der Waals surface area contributed by atoms with Gasteiger partial charge in [-0.05, 0) is 49.0 Å². The topological polar surface area (TPSA) is 77.1 Å². The van der Waals surface area contributed by atoms with E-state index in [9.17, 15) is 9.59 Å². The number of carbonyl (C=O) groups excluding carboxylic acids is 2. The highest BCUT2D eigenvalue weighted by Gasteiger charge is 2.24. The van der Waals surface area contributed by atoms with Crippen LogP contribution in [-0.4, -0.2) is 60.9 Å². The van der Waals surface area contributed by atoms with Gasteiger partial charge in [-0.3, -0.25) is 4.79 Å². The van der Waals surface area contributed by atoms with E-state index in [1.165, 1.54) is 0 Å². The minimum atomic E-state index is -0.861. The van der Waals surface area contributed by atoms with E-state index < -0.39 is 17.9 Å². The number of hydrogen-bond donors (Lipinski definition) is 1. The SMILES string of the molecule is CCOC(=O)[C@H](Cc1ccc(OC(=S)N2CCOCC2)cc1)NC(=O)c1ccccc1Cl. The molecule has 0 radical (unpaired) electrons. The number of morpholine rings is 1. The zero-order chi connectivity index (χ0) is 22.9. The molecular weight excluding hydrogens is 452 g/mol. The summed E-state index contributed by atoms with van der Waals surface area (Å²) < 4.78 is 16.2. The van der Waals surface area contributed by atoms with Crippen molar-refractivity contribution in [3.63, 3.8) is 0 Å². The van der Waals surface area contributed by atoms with Crippen molar-refractivity contribution < 1.29 is 23.8 Å². The Bertz CT molecular complexity index is 948. The number of thiocarbonyl (C=S) groups is 1. The fourth-order valence-corrected chi connectivity index (χ4v) is 3.66. The summed E-state index contributed by atoms with van der Waals surface area (Å²) in [7, 11) is 0. The molecule has 1 aliphatic heterocycles. The molecule has 1 saturated heterocycles. The van der Waals surface area contributed by atoms with Crippen molar-refractivity contribution in [2.24, 2.45) is 0 Å².